The number of rotatable bonds is 5. The summed E-state index contributed by atoms with van der Waals surface area (Å²) < 4.78 is 8.92. The Bertz CT molecular complexity index is 1030. The number of aryl methyl sites for hydroxylation is 1. The fourth-order valence-electron chi connectivity index (χ4n) is 5.79. The first-order chi connectivity index (χ1) is 14.7. The maximum absolute atomic E-state index is 6.49. The maximum Gasteiger partial charge on any atom is 0.232 e. The summed E-state index contributed by atoms with van der Waals surface area (Å²) in [6.07, 6.45) is 10.3. The molecule has 1 aliphatic heterocycles. The highest BCUT2D eigenvalue weighted by molar-refractivity contribution is 5.76. The van der Waals surface area contributed by atoms with Crippen molar-refractivity contribution >= 4 is 11.0 Å². The monoisotopic (exact) mass is 403 g/mol. The van der Waals surface area contributed by atoms with Crippen LogP contribution in [0.1, 0.15) is 37.5 Å². The lowest BCUT2D eigenvalue weighted by Gasteiger charge is -2.39. The first-order valence-electron chi connectivity index (χ1n) is 11.3. The first-order valence-corrected chi connectivity index (χ1v) is 11.3. The molecule has 4 atom stereocenters. The summed E-state index contributed by atoms with van der Waals surface area (Å²) in [5.74, 6) is 4.08. The molecule has 0 amide bonds. The van der Waals surface area contributed by atoms with E-state index in [-0.39, 0.29) is 12.1 Å². The van der Waals surface area contributed by atoms with E-state index in [1.807, 2.05) is 0 Å². The van der Waals surface area contributed by atoms with Crippen molar-refractivity contribution in [3.05, 3.63) is 48.7 Å². The highest BCUT2D eigenvalue weighted by atomic mass is 16.5. The number of nitrogens with zero attached hydrogens (tertiary/aromatic N) is 5. The molecule has 6 heteroatoms. The first kappa shape index (κ1) is 18.3. The van der Waals surface area contributed by atoms with Crippen LogP contribution in [0.3, 0.4) is 0 Å². The number of imidazole rings is 1. The second kappa shape index (κ2) is 7.34. The van der Waals surface area contributed by atoms with E-state index in [0.29, 0.717) is 11.8 Å². The van der Waals surface area contributed by atoms with Gasteiger partial charge in [0.1, 0.15) is 11.9 Å². The number of para-hydroxylation sites is 2. The van der Waals surface area contributed by atoms with Crippen LogP contribution in [0.15, 0.2) is 42.9 Å². The standard InChI is InChI=1S/C24H29N5O/c1-16-27-20-4-2-3-5-21(20)29(16)22-10-18-14-28(13-17-6-7-17)15-19(18)11-23(22)30-24-12-25-8-9-26-24/h2-5,8-9,12,17-19,22-23H,6-7,10-11,13-15H2,1H3/t18-,19+,22-,23-/m0/s1. The predicted molar refractivity (Wildman–Crippen MR) is 115 cm³/mol. The summed E-state index contributed by atoms with van der Waals surface area (Å²) in [5, 5.41) is 0. The highest BCUT2D eigenvalue weighted by Gasteiger charge is 2.45. The number of likely N-dealkylation sites (tertiary alicyclic amines) is 1. The fourth-order valence-corrected chi connectivity index (χ4v) is 5.79. The summed E-state index contributed by atoms with van der Waals surface area (Å²) in [6.45, 7) is 5.87. The second-order valence-corrected chi connectivity index (χ2v) is 9.44. The van der Waals surface area contributed by atoms with Crippen molar-refractivity contribution in [1.82, 2.24) is 24.4 Å². The smallest absolute Gasteiger partial charge is 0.232 e. The van der Waals surface area contributed by atoms with Gasteiger partial charge < -0.3 is 14.2 Å². The van der Waals surface area contributed by atoms with E-state index in [2.05, 4.69) is 50.6 Å². The molecule has 3 heterocycles. The number of hydrogen-bond donors (Lipinski definition) is 0. The van der Waals surface area contributed by atoms with Gasteiger partial charge in [-0.15, -0.1) is 0 Å². The predicted octanol–water partition coefficient (Wildman–Crippen LogP) is 3.88. The van der Waals surface area contributed by atoms with E-state index in [1.54, 1.807) is 18.6 Å². The Morgan fingerprint density at radius 3 is 2.70 bits per heavy atom. The van der Waals surface area contributed by atoms with E-state index in [9.17, 15) is 0 Å². The molecule has 0 spiro atoms. The molecule has 1 aromatic carbocycles. The van der Waals surface area contributed by atoms with E-state index in [4.69, 9.17) is 9.72 Å². The number of ether oxygens (including phenoxy) is 1. The van der Waals surface area contributed by atoms with Crippen molar-refractivity contribution in [1.29, 1.82) is 0 Å². The number of fused-ring (bicyclic) bond motifs is 2. The van der Waals surface area contributed by atoms with Crippen LogP contribution >= 0.6 is 0 Å². The molecule has 3 aliphatic rings. The Hall–Kier alpha value is -2.47. The third-order valence-corrected chi connectivity index (χ3v) is 7.29. The van der Waals surface area contributed by atoms with Gasteiger partial charge in [-0.3, -0.25) is 4.98 Å². The third-order valence-electron chi connectivity index (χ3n) is 7.29. The van der Waals surface area contributed by atoms with Crippen LogP contribution in [0, 0.1) is 24.7 Å². The van der Waals surface area contributed by atoms with Gasteiger partial charge in [-0.05, 0) is 62.5 Å². The van der Waals surface area contributed by atoms with Crippen molar-refractivity contribution in [2.75, 3.05) is 19.6 Å². The average Bonchev–Trinajstić information content (AvgIpc) is 3.38. The Morgan fingerprint density at radius 1 is 1.07 bits per heavy atom. The van der Waals surface area contributed by atoms with Crippen LogP contribution in [-0.2, 0) is 0 Å². The van der Waals surface area contributed by atoms with Crippen LogP contribution in [0.2, 0.25) is 0 Å². The van der Waals surface area contributed by atoms with Crippen LogP contribution in [0.25, 0.3) is 11.0 Å². The molecule has 3 fully saturated rings. The lowest BCUT2D eigenvalue weighted by Crippen LogP contribution is -2.40. The molecular formula is C24H29N5O. The zero-order valence-corrected chi connectivity index (χ0v) is 17.5. The minimum Gasteiger partial charge on any atom is -0.471 e. The normalized spacial score (nSPS) is 29.2. The molecule has 2 saturated carbocycles. The second-order valence-electron chi connectivity index (χ2n) is 9.44. The van der Waals surface area contributed by atoms with Gasteiger partial charge in [0.2, 0.25) is 5.88 Å². The molecular weight excluding hydrogens is 374 g/mol. The Labute approximate surface area is 177 Å². The molecule has 2 aromatic heterocycles. The van der Waals surface area contributed by atoms with Crippen LogP contribution in [-0.4, -0.2) is 50.2 Å². The van der Waals surface area contributed by atoms with Crippen molar-refractivity contribution in [2.45, 2.75) is 44.8 Å². The van der Waals surface area contributed by atoms with Crippen LogP contribution in [0.4, 0.5) is 0 Å². The van der Waals surface area contributed by atoms with Gasteiger partial charge in [-0.2, -0.15) is 0 Å². The minimum atomic E-state index is 0.0835. The van der Waals surface area contributed by atoms with Gasteiger partial charge in [0.05, 0.1) is 23.3 Å². The molecule has 156 valence electrons. The van der Waals surface area contributed by atoms with Gasteiger partial charge in [-0.25, -0.2) is 9.97 Å². The van der Waals surface area contributed by atoms with E-state index in [1.165, 1.54) is 38.0 Å². The van der Waals surface area contributed by atoms with Crippen molar-refractivity contribution in [2.24, 2.45) is 17.8 Å². The van der Waals surface area contributed by atoms with Crippen LogP contribution in [0.5, 0.6) is 5.88 Å². The molecule has 6 rings (SSSR count). The number of aromatic nitrogens is 4. The number of benzene rings is 1. The molecule has 0 unspecified atom stereocenters. The Kier molecular flexibility index (Phi) is 4.48. The summed E-state index contributed by atoms with van der Waals surface area (Å²) in [4.78, 5) is 16.2. The molecule has 0 radical (unpaired) electrons. The molecule has 2 aliphatic carbocycles. The minimum absolute atomic E-state index is 0.0835. The average molecular weight is 404 g/mol. The topological polar surface area (TPSA) is 56.1 Å². The van der Waals surface area contributed by atoms with Crippen molar-refractivity contribution < 1.29 is 4.74 Å². The molecule has 0 N–H and O–H groups in total. The SMILES string of the molecule is Cc1nc2ccccc2n1[C@H]1C[C@H]2CN(CC3CC3)C[C@H]2C[C@@H]1Oc1cnccn1. The summed E-state index contributed by atoms with van der Waals surface area (Å²) in [6, 6.07) is 8.74. The van der Waals surface area contributed by atoms with Crippen LogP contribution < -0.4 is 4.74 Å². The van der Waals surface area contributed by atoms with E-state index in [0.717, 1.165) is 36.0 Å². The number of hydrogen-bond acceptors (Lipinski definition) is 5. The summed E-state index contributed by atoms with van der Waals surface area (Å²) in [5.41, 5.74) is 2.27. The lowest BCUT2D eigenvalue weighted by molar-refractivity contribution is 0.0519. The zero-order chi connectivity index (χ0) is 20.1. The Morgan fingerprint density at radius 2 is 1.90 bits per heavy atom. The molecule has 0 bridgehead atoms. The van der Waals surface area contributed by atoms with Gasteiger partial charge in [-0.1, -0.05) is 12.1 Å². The molecule has 30 heavy (non-hydrogen) atoms. The molecule has 1 saturated heterocycles. The van der Waals surface area contributed by atoms with Crippen molar-refractivity contribution in [3.63, 3.8) is 0 Å². The van der Waals surface area contributed by atoms with Gasteiger partial charge >= 0.3 is 0 Å². The lowest BCUT2D eigenvalue weighted by atomic mass is 9.77. The quantitative estimate of drug-likeness (QED) is 0.647. The maximum atomic E-state index is 6.49. The van der Waals surface area contributed by atoms with Gasteiger partial charge in [0.25, 0.3) is 0 Å². The fraction of sp³-hybridized carbons (Fsp3) is 0.542. The van der Waals surface area contributed by atoms with Crippen molar-refractivity contribution in [3.8, 4) is 5.88 Å². The third kappa shape index (κ3) is 3.37. The summed E-state index contributed by atoms with van der Waals surface area (Å²) >= 11 is 0. The highest BCUT2D eigenvalue weighted by Crippen LogP contribution is 2.45. The van der Waals surface area contributed by atoms with E-state index < -0.39 is 0 Å². The Balaban J connectivity index is 1.33. The summed E-state index contributed by atoms with van der Waals surface area (Å²) in [7, 11) is 0. The van der Waals surface area contributed by atoms with Gasteiger partial charge in [0.15, 0.2) is 0 Å². The van der Waals surface area contributed by atoms with Gasteiger partial charge in [0, 0.05) is 32.0 Å². The molecule has 3 aromatic rings. The largest absolute Gasteiger partial charge is 0.471 e. The zero-order valence-electron chi connectivity index (χ0n) is 17.5. The molecule has 6 nitrogen and oxygen atoms in total. The van der Waals surface area contributed by atoms with E-state index >= 15 is 0 Å².